The van der Waals surface area contributed by atoms with Gasteiger partial charge in [-0.1, -0.05) is 26.0 Å². The summed E-state index contributed by atoms with van der Waals surface area (Å²) in [4.78, 5) is 0.370. The largest absolute Gasteiger partial charge is 0.396 e. The number of benzene rings is 1. The SMILES string of the molecule is CCS(=O)(=O)c1ccc(C(C)NCC(C)CO)cc1. The summed E-state index contributed by atoms with van der Waals surface area (Å²) in [6, 6.07) is 7.12. The molecule has 1 rings (SSSR count). The van der Waals surface area contributed by atoms with Crippen LogP contribution < -0.4 is 5.32 Å². The lowest BCUT2D eigenvalue weighted by molar-refractivity contribution is 0.231. The van der Waals surface area contributed by atoms with Crippen LogP contribution in [0.3, 0.4) is 0 Å². The average molecular weight is 285 g/mol. The molecule has 2 N–H and O–H groups in total. The van der Waals surface area contributed by atoms with Gasteiger partial charge in [-0.15, -0.1) is 0 Å². The van der Waals surface area contributed by atoms with Crippen molar-refractivity contribution in [3.05, 3.63) is 29.8 Å². The topological polar surface area (TPSA) is 66.4 Å². The van der Waals surface area contributed by atoms with Gasteiger partial charge >= 0.3 is 0 Å². The summed E-state index contributed by atoms with van der Waals surface area (Å²) in [5.41, 5.74) is 1.04. The minimum atomic E-state index is -3.12. The standard InChI is InChI=1S/C14H23NO3S/c1-4-19(17,18)14-7-5-13(6-8-14)12(3)15-9-11(2)10-16/h5-8,11-12,15-16H,4,9-10H2,1-3H3. The Morgan fingerprint density at radius 1 is 1.21 bits per heavy atom. The molecule has 0 aromatic heterocycles. The van der Waals surface area contributed by atoms with Crippen LogP contribution in [-0.2, 0) is 9.84 Å². The molecule has 0 saturated heterocycles. The molecule has 4 nitrogen and oxygen atoms in total. The quantitative estimate of drug-likeness (QED) is 0.801. The van der Waals surface area contributed by atoms with E-state index in [0.29, 0.717) is 4.90 Å². The third-order valence-electron chi connectivity index (χ3n) is 3.20. The Kier molecular flexibility index (Phi) is 5.97. The molecule has 0 saturated carbocycles. The molecule has 1 aromatic rings. The Labute approximate surface area is 115 Å². The summed E-state index contributed by atoms with van der Waals surface area (Å²) in [5, 5.41) is 12.3. The normalized spacial score (nSPS) is 15.2. The van der Waals surface area contributed by atoms with Crippen molar-refractivity contribution in [1.29, 1.82) is 0 Å². The molecule has 0 aliphatic heterocycles. The monoisotopic (exact) mass is 285 g/mol. The van der Waals surface area contributed by atoms with E-state index < -0.39 is 9.84 Å². The molecule has 5 heteroatoms. The maximum absolute atomic E-state index is 11.7. The summed E-state index contributed by atoms with van der Waals surface area (Å²) >= 11 is 0. The molecule has 0 fully saturated rings. The molecule has 19 heavy (non-hydrogen) atoms. The van der Waals surface area contributed by atoms with Gasteiger partial charge in [0.15, 0.2) is 9.84 Å². The zero-order valence-electron chi connectivity index (χ0n) is 11.8. The van der Waals surface area contributed by atoms with Crippen LogP contribution in [0.15, 0.2) is 29.2 Å². The fraction of sp³-hybridized carbons (Fsp3) is 0.571. The van der Waals surface area contributed by atoms with Gasteiger partial charge in [0, 0.05) is 19.2 Å². The van der Waals surface area contributed by atoms with Crippen LogP contribution in [0, 0.1) is 5.92 Å². The van der Waals surface area contributed by atoms with E-state index in [1.807, 2.05) is 26.0 Å². The highest BCUT2D eigenvalue weighted by molar-refractivity contribution is 7.91. The molecule has 0 spiro atoms. The van der Waals surface area contributed by atoms with Crippen LogP contribution >= 0.6 is 0 Å². The van der Waals surface area contributed by atoms with Crippen LogP contribution in [0.25, 0.3) is 0 Å². The van der Waals surface area contributed by atoms with Gasteiger partial charge in [-0.25, -0.2) is 8.42 Å². The number of hydrogen-bond acceptors (Lipinski definition) is 4. The maximum atomic E-state index is 11.7. The molecule has 2 unspecified atom stereocenters. The van der Waals surface area contributed by atoms with E-state index in [0.717, 1.165) is 12.1 Å². The fourth-order valence-electron chi connectivity index (χ4n) is 1.69. The van der Waals surface area contributed by atoms with Crippen molar-refractivity contribution in [3.63, 3.8) is 0 Å². The molecule has 1 aromatic carbocycles. The highest BCUT2D eigenvalue weighted by atomic mass is 32.2. The van der Waals surface area contributed by atoms with Crippen molar-refractivity contribution in [2.24, 2.45) is 5.92 Å². The van der Waals surface area contributed by atoms with Crippen LogP contribution in [0.5, 0.6) is 0 Å². The molecular formula is C14H23NO3S. The number of aliphatic hydroxyl groups is 1. The van der Waals surface area contributed by atoms with Gasteiger partial charge in [-0.2, -0.15) is 0 Å². The summed E-state index contributed by atoms with van der Waals surface area (Å²) in [6.07, 6.45) is 0. The first-order chi connectivity index (χ1) is 8.90. The third-order valence-corrected chi connectivity index (χ3v) is 4.95. The van der Waals surface area contributed by atoms with Crippen molar-refractivity contribution in [1.82, 2.24) is 5.32 Å². The molecule has 0 bridgehead atoms. The molecule has 0 radical (unpaired) electrons. The second-order valence-electron chi connectivity index (χ2n) is 4.89. The minimum Gasteiger partial charge on any atom is -0.396 e. The van der Waals surface area contributed by atoms with Crippen LogP contribution in [0.4, 0.5) is 0 Å². The van der Waals surface area contributed by atoms with E-state index >= 15 is 0 Å². The lowest BCUT2D eigenvalue weighted by atomic mass is 10.1. The van der Waals surface area contributed by atoms with Gasteiger partial charge in [0.1, 0.15) is 0 Å². The second kappa shape index (κ2) is 7.03. The highest BCUT2D eigenvalue weighted by Gasteiger charge is 2.12. The minimum absolute atomic E-state index is 0.119. The van der Waals surface area contributed by atoms with Crippen LogP contribution in [0.1, 0.15) is 32.4 Å². The van der Waals surface area contributed by atoms with Crippen molar-refractivity contribution in [2.45, 2.75) is 31.7 Å². The number of sulfone groups is 1. The molecule has 0 aliphatic carbocycles. The van der Waals surface area contributed by atoms with E-state index in [9.17, 15) is 8.42 Å². The van der Waals surface area contributed by atoms with Gasteiger partial charge in [0.05, 0.1) is 10.6 Å². The lowest BCUT2D eigenvalue weighted by Gasteiger charge is -2.17. The third kappa shape index (κ3) is 4.60. The number of nitrogens with one attached hydrogen (secondary N) is 1. The average Bonchev–Trinajstić information content (AvgIpc) is 2.44. The van der Waals surface area contributed by atoms with E-state index in [1.54, 1.807) is 19.1 Å². The smallest absolute Gasteiger partial charge is 0.178 e. The summed E-state index contributed by atoms with van der Waals surface area (Å²) < 4.78 is 23.4. The summed E-state index contributed by atoms with van der Waals surface area (Å²) in [7, 11) is -3.12. The van der Waals surface area contributed by atoms with Crippen LogP contribution in [-0.4, -0.2) is 32.4 Å². The summed E-state index contributed by atoms with van der Waals surface area (Å²) in [5.74, 6) is 0.330. The van der Waals surface area contributed by atoms with Crippen molar-refractivity contribution in [2.75, 3.05) is 18.9 Å². The predicted molar refractivity (Wildman–Crippen MR) is 76.8 cm³/mol. The Balaban J connectivity index is 2.71. The molecule has 108 valence electrons. The van der Waals surface area contributed by atoms with Crippen LogP contribution in [0.2, 0.25) is 0 Å². The predicted octanol–water partition coefficient (Wildman–Crippen LogP) is 1.76. The highest BCUT2D eigenvalue weighted by Crippen LogP contribution is 2.17. The lowest BCUT2D eigenvalue weighted by Crippen LogP contribution is -2.26. The summed E-state index contributed by atoms with van der Waals surface area (Å²) in [6.45, 7) is 6.52. The molecule has 0 heterocycles. The maximum Gasteiger partial charge on any atom is 0.178 e. The Morgan fingerprint density at radius 2 is 1.79 bits per heavy atom. The van der Waals surface area contributed by atoms with Gasteiger partial charge in [-0.3, -0.25) is 0 Å². The molecule has 0 aliphatic rings. The van der Waals surface area contributed by atoms with E-state index in [-0.39, 0.29) is 24.3 Å². The Hall–Kier alpha value is -0.910. The van der Waals surface area contributed by atoms with Crippen molar-refractivity contribution >= 4 is 9.84 Å². The van der Waals surface area contributed by atoms with E-state index in [4.69, 9.17) is 5.11 Å². The molecular weight excluding hydrogens is 262 g/mol. The van der Waals surface area contributed by atoms with Gasteiger partial charge in [-0.05, 0) is 30.5 Å². The first-order valence-corrected chi connectivity index (χ1v) is 8.23. The Morgan fingerprint density at radius 3 is 2.26 bits per heavy atom. The Bertz CT molecular complexity index is 482. The number of rotatable bonds is 7. The fourth-order valence-corrected chi connectivity index (χ4v) is 2.57. The van der Waals surface area contributed by atoms with Gasteiger partial charge < -0.3 is 10.4 Å². The first kappa shape index (κ1) is 16.1. The zero-order chi connectivity index (χ0) is 14.5. The zero-order valence-corrected chi connectivity index (χ0v) is 12.6. The van der Waals surface area contributed by atoms with Crippen molar-refractivity contribution < 1.29 is 13.5 Å². The number of hydrogen-bond donors (Lipinski definition) is 2. The second-order valence-corrected chi connectivity index (χ2v) is 7.17. The van der Waals surface area contributed by atoms with E-state index in [2.05, 4.69) is 5.32 Å². The van der Waals surface area contributed by atoms with E-state index in [1.165, 1.54) is 0 Å². The van der Waals surface area contributed by atoms with Gasteiger partial charge in [0.25, 0.3) is 0 Å². The van der Waals surface area contributed by atoms with Gasteiger partial charge in [0.2, 0.25) is 0 Å². The molecule has 0 amide bonds. The first-order valence-electron chi connectivity index (χ1n) is 6.57. The molecule has 2 atom stereocenters. The van der Waals surface area contributed by atoms with Crippen molar-refractivity contribution in [3.8, 4) is 0 Å². The number of aliphatic hydroxyl groups excluding tert-OH is 1.